The first-order chi connectivity index (χ1) is 9.99. The van der Waals surface area contributed by atoms with E-state index in [0.717, 1.165) is 30.6 Å². The molecule has 2 aromatic heterocycles. The van der Waals surface area contributed by atoms with Gasteiger partial charge in [-0.2, -0.15) is 16.4 Å². The number of aromatic nitrogens is 2. The van der Waals surface area contributed by atoms with Gasteiger partial charge < -0.3 is 10.4 Å². The van der Waals surface area contributed by atoms with E-state index in [9.17, 15) is 5.11 Å². The van der Waals surface area contributed by atoms with Crippen LogP contribution in [-0.4, -0.2) is 21.4 Å². The maximum atomic E-state index is 10.5. The third kappa shape index (κ3) is 3.54. The van der Waals surface area contributed by atoms with E-state index in [1.54, 1.807) is 11.3 Å². The Balaban J connectivity index is 2.04. The van der Waals surface area contributed by atoms with Crippen molar-refractivity contribution in [2.45, 2.75) is 45.8 Å². The van der Waals surface area contributed by atoms with Gasteiger partial charge in [0.05, 0.1) is 11.3 Å². The molecule has 0 amide bonds. The Bertz CT molecular complexity index is 573. The third-order valence-corrected chi connectivity index (χ3v) is 4.63. The molecular formula is C16H25N3OS. The Labute approximate surface area is 130 Å². The molecule has 0 aliphatic carbocycles. The monoisotopic (exact) mass is 307 g/mol. The van der Waals surface area contributed by atoms with Crippen molar-refractivity contribution >= 4 is 11.3 Å². The van der Waals surface area contributed by atoms with Gasteiger partial charge in [0.2, 0.25) is 0 Å². The summed E-state index contributed by atoms with van der Waals surface area (Å²) in [5.74, 6) is 0. The Morgan fingerprint density at radius 1 is 1.38 bits per heavy atom. The summed E-state index contributed by atoms with van der Waals surface area (Å²) in [7, 11) is 2.00. The molecule has 2 aromatic rings. The maximum absolute atomic E-state index is 10.5. The number of hydrogen-bond acceptors (Lipinski definition) is 4. The Morgan fingerprint density at radius 2 is 2.14 bits per heavy atom. The number of hydrogen-bond donors (Lipinski definition) is 2. The molecule has 0 spiro atoms. The quantitative estimate of drug-likeness (QED) is 0.826. The van der Waals surface area contributed by atoms with Gasteiger partial charge in [0, 0.05) is 31.4 Å². The molecule has 1 unspecified atom stereocenters. The molecule has 116 valence electrons. The van der Waals surface area contributed by atoms with Crippen molar-refractivity contribution in [2.24, 2.45) is 7.05 Å². The molecule has 0 saturated carbocycles. The lowest BCUT2D eigenvalue weighted by atomic mass is 9.99. The van der Waals surface area contributed by atoms with E-state index in [1.165, 1.54) is 11.3 Å². The average molecular weight is 307 g/mol. The predicted molar refractivity (Wildman–Crippen MR) is 87.6 cm³/mol. The number of rotatable bonds is 7. The first-order valence-corrected chi connectivity index (χ1v) is 8.43. The first kappa shape index (κ1) is 16.2. The molecule has 5 heteroatoms. The average Bonchev–Trinajstić information content (AvgIpc) is 3.07. The van der Waals surface area contributed by atoms with Crippen LogP contribution in [0.15, 0.2) is 16.8 Å². The Kier molecular flexibility index (Phi) is 5.19. The first-order valence-electron chi connectivity index (χ1n) is 7.49. The molecule has 0 fully saturated rings. The SMILES string of the molecule is CCc1nn(C)c(CC)c1CNCC(C)(O)c1ccsc1. The van der Waals surface area contributed by atoms with Gasteiger partial charge in [0.1, 0.15) is 0 Å². The van der Waals surface area contributed by atoms with Gasteiger partial charge in [-0.1, -0.05) is 13.8 Å². The Hall–Kier alpha value is -1.17. The van der Waals surface area contributed by atoms with Gasteiger partial charge in [-0.25, -0.2) is 0 Å². The molecular weight excluding hydrogens is 282 g/mol. The zero-order chi connectivity index (χ0) is 15.5. The maximum Gasteiger partial charge on any atom is 0.1000 e. The van der Waals surface area contributed by atoms with Crippen LogP contribution in [0, 0.1) is 0 Å². The summed E-state index contributed by atoms with van der Waals surface area (Å²) in [6.07, 6.45) is 1.91. The Morgan fingerprint density at radius 3 is 2.71 bits per heavy atom. The predicted octanol–water partition coefficient (Wildman–Crippen LogP) is 2.60. The molecule has 0 aliphatic rings. The molecule has 0 aromatic carbocycles. The number of aryl methyl sites for hydroxylation is 2. The summed E-state index contributed by atoms with van der Waals surface area (Å²) in [6.45, 7) is 7.42. The normalized spacial score (nSPS) is 14.3. The molecule has 0 bridgehead atoms. The number of aliphatic hydroxyl groups is 1. The van der Waals surface area contributed by atoms with Gasteiger partial charge >= 0.3 is 0 Å². The van der Waals surface area contributed by atoms with Crippen LogP contribution in [0.4, 0.5) is 0 Å². The summed E-state index contributed by atoms with van der Waals surface area (Å²) < 4.78 is 1.98. The highest BCUT2D eigenvalue weighted by Gasteiger charge is 2.23. The highest BCUT2D eigenvalue weighted by Crippen LogP contribution is 2.22. The van der Waals surface area contributed by atoms with Gasteiger partial charge in [-0.05, 0) is 42.2 Å². The molecule has 2 rings (SSSR count). The van der Waals surface area contributed by atoms with Crippen LogP contribution in [0.1, 0.15) is 43.3 Å². The summed E-state index contributed by atoms with van der Waals surface area (Å²) in [4.78, 5) is 0. The largest absolute Gasteiger partial charge is 0.384 e. The molecule has 0 aliphatic heterocycles. The minimum atomic E-state index is -0.832. The fourth-order valence-corrected chi connectivity index (χ4v) is 3.48. The molecule has 4 nitrogen and oxygen atoms in total. The second-order valence-corrected chi connectivity index (χ2v) is 6.37. The second-order valence-electron chi connectivity index (χ2n) is 5.59. The summed E-state index contributed by atoms with van der Waals surface area (Å²) in [6, 6.07) is 1.98. The highest BCUT2D eigenvalue weighted by atomic mass is 32.1. The molecule has 1 atom stereocenters. The van der Waals surface area contributed by atoms with Gasteiger partial charge in [-0.3, -0.25) is 4.68 Å². The van der Waals surface area contributed by atoms with Gasteiger partial charge in [0.25, 0.3) is 0 Å². The van der Waals surface area contributed by atoms with Gasteiger partial charge in [-0.15, -0.1) is 0 Å². The topological polar surface area (TPSA) is 50.1 Å². The van der Waals surface area contributed by atoms with E-state index in [-0.39, 0.29) is 0 Å². The van der Waals surface area contributed by atoms with E-state index in [0.29, 0.717) is 6.54 Å². The highest BCUT2D eigenvalue weighted by molar-refractivity contribution is 7.08. The standard InChI is InChI=1S/C16H25N3OS/c1-5-14-13(15(6-2)19(4)18-14)9-17-11-16(3,20)12-7-8-21-10-12/h7-8,10,17,20H,5-6,9,11H2,1-4H3. The summed E-state index contributed by atoms with van der Waals surface area (Å²) >= 11 is 1.61. The van der Waals surface area contributed by atoms with E-state index in [4.69, 9.17) is 0 Å². The van der Waals surface area contributed by atoms with Crippen LogP contribution in [0.3, 0.4) is 0 Å². The fraction of sp³-hybridized carbons (Fsp3) is 0.562. The number of nitrogens with one attached hydrogen (secondary N) is 1. The van der Waals surface area contributed by atoms with E-state index >= 15 is 0 Å². The van der Waals surface area contributed by atoms with Crippen molar-refractivity contribution in [1.29, 1.82) is 0 Å². The van der Waals surface area contributed by atoms with E-state index in [1.807, 2.05) is 35.5 Å². The van der Waals surface area contributed by atoms with Crippen molar-refractivity contribution in [3.05, 3.63) is 39.3 Å². The second kappa shape index (κ2) is 6.73. The van der Waals surface area contributed by atoms with Crippen molar-refractivity contribution in [3.8, 4) is 0 Å². The van der Waals surface area contributed by atoms with E-state index < -0.39 is 5.60 Å². The molecule has 0 saturated heterocycles. The van der Waals surface area contributed by atoms with Crippen molar-refractivity contribution < 1.29 is 5.11 Å². The molecule has 2 heterocycles. The lowest BCUT2D eigenvalue weighted by Crippen LogP contribution is -2.35. The molecule has 0 radical (unpaired) electrons. The van der Waals surface area contributed by atoms with Crippen LogP contribution >= 0.6 is 11.3 Å². The van der Waals surface area contributed by atoms with Crippen LogP contribution in [0.2, 0.25) is 0 Å². The van der Waals surface area contributed by atoms with Crippen LogP contribution < -0.4 is 5.32 Å². The minimum Gasteiger partial charge on any atom is -0.384 e. The number of thiophene rings is 1. The summed E-state index contributed by atoms with van der Waals surface area (Å²) in [5.41, 5.74) is 3.84. The third-order valence-electron chi connectivity index (χ3n) is 3.94. The zero-order valence-corrected chi connectivity index (χ0v) is 14.1. The lowest BCUT2D eigenvalue weighted by molar-refractivity contribution is 0.0571. The van der Waals surface area contributed by atoms with Gasteiger partial charge in [0.15, 0.2) is 0 Å². The molecule has 21 heavy (non-hydrogen) atoms. The van der Waals surface area contributed by atoms with Crippen LogP contribution in [-0.2, 0) is 32.0 Å². The van der Waals surface area contributed by atoms with Crippen molar-refractivity contribution in [1.82, 2.24) is 15.1 Å². The lowest BCUT2D eigenvalue weighted by Gasteiger charge is -2.23. The van der Waals surface area contributed by atoms with Crippen LogP contribution in [0.25, 0.3) is 0 Å². The van der Waals surface area contributed by atoms with E-state index in [2.05, 4.69) is 24.3 Å². The van der Waals surface area contributed by atoms with Crippen molar-refractivity contribution in [3.63, 3.8) is 0 Å². The van der Waals surface area contributed by atoms with Crippen LogP contribution in [0.5, 0.6) is 0 Å². The summed E-state index contributed by atoms with van der Waals surface area (Å²) in [5, 5.41) is 22.5. The smallest absolute Gasteiger partial charge is 0.1000 e. The minimum absolute atomic E-state index is 0.533. The molecule has 2 N–H and O–H groups in total. The fourth-order valence-electron chi connectivity index (χ4n) is 2.70. The zero-order valence-electron chi connectivity index (χ0n) is 13.3. The van der Waals surface area contributed by atoms with Crippen molar-refractivity contribution in [2.75, 3.05) is 6.54 Å². The number of nitrogens with zero attached hydrogens (tertiary/aromatic N) is 2.